The molecule has 1 aliphatic heterocycles. The van der Waals surface area contributed by atoms with Gasteiger partial charge in [-0.2, -0.15) is 0 Å². The van der Waals surface area contributed by atoms with E-state index in [1.165, 1.54) is 52.0 Å². The number of likely N-dealkylation sites (tertiary alicyclic amines) is 1. The van der Waals surface area contributed by atoms with Crippen LogP contribution in [-0.2, 0) is 0 Å². The molecule has 1 unspecified atom stereocenters. The van der Waals surface area contributed by atoms with Crippen molar-refractivity contribution in [2.24, 2.45) is 5.73 Å². The zero-order valence-corrected chi connectivity index (χ0v) is 11.1. The third-order valence-electron chi connectivity index (χ3n) is 3.76. The van der Waals surface area contributed by atoms with E-state index in [1.54, 1.807) is 0 Å². The fraction of sp³-hybridized carbons (Fsp3) is 1.00. The molecule has 0 aromatic heterocycles. The number of nitrogens with two attached hydrogens (primary N) is 1. The largest absolute Gasteiger partial charge is 0.330 e. The molecule has 1 fully saturated rings. The molecule has 0 bridgehead atoms. The first kappa shape index (κ1) is 13.9. The second kappa shape index (κ2) is 8.04. The van der Waals surface area contributed by atoms with E-state index in [1.807, 2.05) is 0 Å². The first-order valence-corrected chi connectivity index (χ1v) is 6.98. The smallest absolute Gasteiger partial charge is 0.0223 e. The predicted molar refractivity (Wildman–Crippen MR) is 70.7 cm³/mol. The van der Waals surface area contributed by atoms with E-state index in [0.29, 0.717) is 0 Å². The van der Waals surface area contributed by atoms with Gasteiger partial charge in [-0.25, -0.2) is 0 Å². The van der Waals surface area contributed by atoms with Crippen LogP contribution in [0.15, 0.2) is 0 Å². The lowest BCUT2D eigenvalue weighted by molar-refractivity contribution is 0.108. The molecule has 1 aliphatic rings. The molecule has 16 heavy (non-hydrogen) atoms. The summed E-state index contributed by atoms with van der Waals surface area (Å²) in [5.41, 5.74) is 5.61. The van der Waals surface area contributed by atoms with Crippen molar-refractivity contribution in [1.29, 1.82) is 0 Å². The van der Waals surface area contributed by atoms with Crippen molar-refractivity contribution in [3.63, 3.8) is 0 Å². The van der Waals surface area contributed by atoms with Crippen LogP contribution < -0.4 is 5.73 Å². The minimum absolute atomic E-state index is 0.778. The summed E-state index contributed by atoms with van der Waals surface area (Å²) < 4.78 is 0. The van der Waals surface area contributed by atoms with Crippen LogP contribution in [-0.4, -0.2) is 55.1 Å². The minimum Gasteiger partial charge on any atom is -0.330 e. The van der Waals surface area contributed by atoms with Gasteiger partial charge < -0.3 is 10.6 Å². The van der Waals surface area contributed by atoms with Gasteiger partial charge in [0.2, 0.25) is 0 Å². The quantitative estimate of drug-likeness (QED) is 0.716. The Morgan fingerprint density at radius 2 is 2.00 bits per heavy atom. The van der Waals surface area contributed by atoms with E-state index >= 15 is 0 Å². The molecule has 1 rings (SSSR count). The molecular formula is C13H29N3. The maximum atomic E-state index is 5.61. The van der Waals surface area contributed by atoms with E-state index in [0.717, 1.165) is 19.0 Å². The van der Waals surface area contributed by atoms with Gasteiger partial charge in [-0.15, -0.1) is 0 Å². The highest BCUT2D eigenvalue weighted by Crippen LogP contribution is 2.18. The predicted octanol–water partition coefficient (Wildman–Crippen LogP) is 1.53. The lowest BCUT2D eigenvalue weighted by Gasteiger charge is -2.38. The zero-order chi connectivity index (χ0) is 11.8. The van der Waals surface area contributed by atoms with Crippen molar-refractivity contribution in [2.45, 2.75) is 45.6 Å². The van der Waals surface area contributed by atoms with Crippen LogP contribution in [0.3, 0.4) is 0 Å². The number of likely N-dealkylation sites (N-methyl/N-ethyl adjacent to an activating group) is 1. The normalized spacial score (nSPS) is 22.9. The summed E-state index contributed by atoms with van der Waals surface area (Å²) in [5.74, 6) is 0. The average molecular weight is 227 g/mol. The summed E-state index contributed by atoms with van der Waals surface area (Å²) in [7, 11) is 0. The van der Waals surface area contributed by atoms with Gasteiger partial charge in [0.1, 0.15) is 0 Å². The van der Waals surface area contributed by atoms with Crippen molar-refractivity contribution in [3.8, 4) is 0 Å². The van der Waals surface area contributed by atoms with E-state index in [-0.39, 0.29) is 0 Å². The summed E-state index contributed by atoms with van der Waals surface area (Å²) in [5, 5.41) is 0. The first-order chi connectivity index (χ1) is 7.81. The van der Waals surface area contributed by atoms with Crippen molar-refractivity contribution < 1.29 is 0 Å². The van der Waals surface area contributed by atoms with Crippen molar-refractivity contribution in [3.05, 3.63) is 0 Å². The number of hydrogen-bond donors (Lipinski definition) is 1. The number of nitrogens with zero attached hydrogens (tertiary/aromatic N) is 2. The highest BCUT2D eigenvalue weighted by molar-refractivity contribution is 4.79. The molecule has 0 aromatic carbocycles. The van der Waals surface area contributed by atoms with Crippen LogP contribution in [0.2, 0.25) is 0 Å². The fourth-order valence-electron chi connectivity index (χ4n) is 2.64. The molecule has 0 aromatic rings. The van der Waals surface area contributed by atoms with Gasteiger partial charge in [-0.3, -0.25) is 4.90 Å². The highest BCUT2D eigenvalue weighted by Gasteiger charge is 2.22. The van der Waals surface area contributed by atoms with E-state index in [2.05, 4.69) is 23.6 Å². The van der Waals surface area contributed by atoms with Crippen LogP contribution in [0.5, 0.6) is 0 Å². The van der Waals surface area contributed by atoms with Crippen LogP contribution in [0.4, 0.5) is 0 Å². The second-order valence-electron chi connectivity index (χ2n) is 4.81. The Balaban J connectivity index is 2.39. The molecule has 1 atom stereocenters. The highest BCUT2D eigenvalue weighted by atomic mass is 15.2. The summed E-state index contributed by atoms with van der Waals surface area (Å²) in [4.78, 5) is 5.21. The van der Waals surface area contributed by atoms with Crippen LogP contribution in [0.25, 0.3) is 0 Å². The van der Waals surface area contributed by atoms with Crippen molar-refractivity contribution in [1.82, 2.24) is 9.80 Å². The molecule has 96 valence electrons. The molecule has 1 heterocycles. The number of rotatable bonds is 7. The van der Waals surface area contributed by atoms with E-state index in [4.69, 9.17) is 5.73 Å². The molecule has 0 radical (unpaired) electrons. The van der Waals surface area contributed by atoms with Gasteiger partial charge in [-0.05, 0) is 52.0 Å². The summed E-state index contributed by atoms with van der Waals surface area (Å²) in [6.07, 6.45) is 5.31. The maximum absolute atomic E-state index is 5.61. The molecule has 0 amide bonds. The minimum atomic E-state index is 0.778. The standard InChI is InChI=1S/C13H29N3/c1-3-15(4-2)12-13-8-5-6-10-16(13)11-7-9-14/h13H,3-12,14H2,1-2H3. The molecule has 3 heteroatoms. The lowest BCUT2D eigenvalue weighted by Crippen LogP contribution is -2.47. The maximum Gasteiger partial charge on any atom is 0.0223 e. The molecule has 1 saturated heterocycles. The Morgan fingerprint density at radius 1 is 1.25 bits per heavy atom. The Morgan fingerprint density at radius 3 is 2.62 bits per heavy atom. The molecular weight excluding hydrogens is 198 g/mol. The summed E-state index contributed by atoms with van der Waals surface area (Å²) >= 11 is 0. The second-order valence-corrected chi connectivity index (χ2v) is 4.81. The fourth-order valence-corrected chi connectivity index (χ4v) is 2.64. The van der Waals surface area contributed by atoms with E-state index in [9.17, 15) is 0 Å². The lowest BCUT2D eigenvalue weighted by atomic mass is 10.0. The number of hydrogen-bond acceptors (Lipinski definition) is 3. The topological polar surface area (TPSA) is 32.5 Å². The Bertz CT molecular complexity index is 169. The first-order valence-electron chi connectivity index (χ1n) is 6.98. The van der Waals surface area contributed by atoms with Crippen LogP contribution >= 0.6 is 0 Å². The average Bonchev–Trinajstić information content (AvgIpc) is 2.34. The third-order valence-corrected chi connectivity index (χ3v) is 3.76. The van der Waals surface area contributed by atoms with Crippen LogP contribution in [0.1, 0.15) is 39.5 Å². The third kappa shape index (κ3) is 4.40. The number of piperidine rings is 1. The SMILES string of the molecule is CCN(CC)CC1CCCCN1CCCN. The molecule has 0 aliphatic carbocycles. The molecule has 2 N–H and O–H groups in total. The van der Waals surface area contributed by atoms with E-state index < -0.39 is 0 Å². The summed E-state index contributed by atoms with van der Waals surface area (Å²) in [6.45, 7) is 11.4. The van der Waals surface area contributed by atoms with Crippen molar-refractivity contribution in [2.75, 3.05) is 39.3 Å². The Labute approximate surface area is 101 Å². The molecule has 0 saturated carbocycles. The van der Waals surface area contributed by atoms with Gasteiger partial charge in [-0.1, -0.05) is 20.3 Å². The summed E-state index contributed by atoms with van der Waals surface area (Å²) in [6, 6.07) is 0.778. The van der Waals surface area contributed by atoms with Gasteiger partial charge in [0.05, 0.1) is 0 Å². The monoisotopic (exact) mass is 227 g/mol. The Kier molecular flexibility index (Phi) is 7.01. The van der Waals surface area contributed by atoms with Crippen LogP contribution in [0, 0.1) is 0 Å². The zero-order valence-electron chi connectivity index (χ0n) is 11.1. The Hall–Kier alpha value is -0.120. The molecule has 0 spiro atoms. The van der Waals surface area contributed by atoms with Gasteiger partial charge in [0.15, 0.2) is 0 Å². The van der Waals surface area contributed by atoms with Gasteiger partial charge in [0.25, 0.3) is 0 Å². The molecule has 3 nitrogen and oxygen atoms in total. The van der Waals surface area contributed by atoms with Gasteiger partial charge >= 0.3 is 0 Å². The van der Waals surface area contributed by atoms with Gasteiger partial charge in [0, 0.05) is 12.6 Å². The van der Waals surface area contributed by atoms with Crippen molar-refractivity contribution >= 4 is 0 Å².